The molecule has 0 aromatic carbocycles. The van der Waals surface area contributed by atoms with Crippen LogP contribution < -0.4 is 5.32 Å². The van der Waals surface area contributed by atoms with Gasteiger partial charge < -0.3 is 5.32 Å². The predicted octanol–water partition coefficient (Wildman–Crippen LogP) is 4.88. The third-order valence-corrected chi connectivity index (χ3v) is 6.52. The summed E-state index contributed by atoms with van der Waals surface area (Å²) < 4.78 is 0. The maximum absolute atomic E-state index is 13.0. The molecular weight excluding hydrogens is 364 g/mol. The Balaban J connectivity index is 1.85. The molecule has 1 atom stereocenters. The standard InChI is InChI=1S/C19H22N4OS2/c1-4-13(5-2)15(14-8-6-11-25-14)23-18(24)16-12(3)22-19(26-16)17-20-9-7-10-21-17/h6-11,13,15H,4-5H2,1-3H3,(H,23,24). The lowest BCUT2D eigenvalue weighted by atomic mass is 9.93. The van der Waals surface area contributed by atoms with Crippen LogP contribution in [0, 0.1) is 12.8 Å². The minimum atomic E-state index is -0.0764. The van der Waals surface area contributed by atoms with E-state index in [0.29, 0.717) is 27.3 Å². The minimum absolute atomic E-state index is 0.0235. The number of thiophene rings is 1. The first-order chi connectivity index (χ1) is 12.6. The molecule has 5 nitrogen and oxygen atoms in total. The first-order valence-electron chi connectivity index (χ1n) is 8.73. The zero-order chi connectivity index (χ0) is 18.5. The second-order valence-corrected chi connectivity index (χ2v) is 8.03. The van der Waals surface area contributed by atoms with E-state index < -0.39 is 0 Å². The Morgan fingerprint density at radius 3 is 2.54 bits per heavy atom. The highest BCUT2D eigenvalue weighted by Gasteiger charge is 2.26. The largest absolute Gasteiger partial charge is 0.343 e. The van der Waals surface area contributed by atoms with Gasteiger partial charge in [0.2, 0.25) is 0 Å². The number of carbonyl (C=O) groups excluding carboxylic acids is 1. The van der Waals surface area contributed by atoms with E-state index in [9.17, 15) is 4.79 Å². The maximum Gasteiger partial charge on any atom is 0.263 e. The van der Waals surface area contributed by atoms with Gasteiger partial charge in [0, 0.05) is 17.3 Å². The highest BCUT2D eigenvalue weighted by Crippen LogP contribution is 2.32. The molecule has 136 valence electrons. The van der Waals surface area contributed by atoms with Crippen LogP contribution >= 0.6 is 22.7 Å². The van der Waals surface area contributed by atoms with Crippen LogP contribution in [0.25, 0.3) is 10.8 Å². The third-order valence-electron chi connectivity index (χ3n) is 4.42. The molecule has 0 aliphatic carbocycles. The molecule has 3 heterocycles. The van der Waals surface area contributed by atoms with E-state index in [1.165, 1.54) is 16.2 Å². The number of amides is 1. The van der Waals surface area contributed by atoms with Gasteiger partial charge in [0.15, 0.2) is 10.8 Å². The topological polar surface area (TPSA) is 67.8 Å². The Hall–Kier alpha value is -2.12. The molecule has 3 aromatic rings. The average molecular weight is 387 g/mol. The zero-order valence-electron chi connectivity index (χ0n) is 15.1. The second kappa shape index (κ2) is 8.51. The summed E-state index contributed by atoms with van der Waals surface area (Å²) in [5.74, 6) is 0.879. The first kappa shape index (κ1) is 18.7. The van der Waals surface area contributed by atoms with Crippen LogP contribution in [0.3, 0.4) is 0 Å². The quantitative estimate of drug-likeness (QED) is 0.628. The van der Waals surface area contributed by atoms with Gasteiger partial charge in [0.25, 0.3) is 5.91 Å². The Labute approximate surface area is 161 Å². The van der Waals surface area contributed by atoms with Crippen molar-refractivity contribution in [2.75, 3.05) is 0 Å². The SMILES string of the molecule is CCC(CC)C(NC(=O)c1sc(-c2ncccn2)nc1C)c1cccs1. The van der Waals surface area contributed by atoms with E-state index in [1.54, 1.807) is 29.8 Å². The summed E-state index contributed by atoms with van der Waals surface area (Å²) in [5, 5.41) is 5.97. The van der Waals surface area contributed by atoms with Crippen LogP contribution in [0.2, 0.25) is 0 Å². The van der Waals surface area contributed by atoms with Crippen molar-refractivity contribution in [2.24, 2.45) is 5.92 Å². The molecule has 26 heavy (non-hydrogen) atoms. The number of aromatic nitrogens is 3. The Morgan fingerprint density at radius 2 is 1.92 bits per heavy atom. The van der Waals surface area contributed by atoms with Crippen molar-refractivity contribution in [2.45, 2.75) is 39.7 Å². The van der Waals surface area contributed by atoms with Crippen molar-refractivity contribution in [1.29, 1.82) is 0 Å². The van der Waals surface area contributed by atoms with Gasteiger partial charge in [0.05, 0.1) is 11.7 Å². The van der Waals surface area contributed by atoms with E-state index in [0.717, 1.165) is 12.8 Å². The van der Waals surface area contributed by atoms with E-state index in [4.69, 9.17) is 0 Å². The van der Waals surface area contributed by atoms with Gasteiger partial charge in [-0.2, -0.15) is 0 Å². The van der Waals surface area contributed by atoms with Crippen molar-refractivity contribution in [3.63, 3.8) is 0 Å². The molecule has 0 saturated heterocycles. The summed E-state index contributed by atoms with van der Waals surface area (Å²) in [6.45, 7) is 6.20. The van der Waals surface area contributed by atoms with Gasteiger partial charge in [-0.15, -0.1) is 22.7 Å². The van der Waals surface area contributed by atoms with Gasteiger partial charge in [-0.3, -0.25) is 4.79 Å². The van der Waals surface area contributed by atoms with Gasteiger partial charge in [0.1, 0.15) is 4.88 Å². The number of thiazole rings is 1. The monoisotopic (exact) mass is 386 g/mol. The number of nitrogens with one attached hydrogen (secondary N) is 1. The summed E-state index contributed by atoms with van der Waals surface area (Å²) >= 11 is 3.03. The summed E-state index contributed by atoms with van der Waals surface area (Å²) in [6.07, 6.45) is 5.39. The molecule has 0 fully saturated rings. The van der Waals surface area contributed by atoms with Crippen LogP contribution in [0.4, 0.5) is 0 Å². The molecule has 7 heteroatoms. The van der Waals surface area contributed by atoms with Gasteiger partial charge in [-0.25, -0.2) is 15.0 Å². The fourth-order valence-corrected chi connectivity index (χ4v) is 4.76. The highest BCUT2D eigenvalue weighted by atomic mass is 32.1. The molecule has 1 unspecified atom stereocenters. The number of nitrogens with zero attached hydrogens (tertiary/aromatic N) is 3. The van der Waals surface area contributed by atoms with Crippen LogP contribution in [-0.2, 0) is 0 Å². The Kier molecular flexibility index (Phi) is 6.11. The molecule has 0 aliphatic rings. The van der Waals surface area contributed by atoms with Crippen LogP contribution in [-0.4, -0.2) is 20.9 Å². The average Bonchev–Trinajstić information content (AvgIpc) is 3.32. The molecule has 1 amide bonds. The Morgan fingerprint density at radius 1 is 1.19 bits per heavy atom. The lowest BCUT2D eigenvalue weighted by Gasteiger charge is -2.25. The number of aryl methyl sites for hydroxylation is 1. The van der Waals surface area contributed by atoms with E-state index in [1.807, 2.05) is 13.0 Å². The van der Waals surface area contributed by atoms with Crippen molar-refractivity contribution < 1.29 is 4.79 Å². The van der Waals surface area contributed by atoms with Crippen LogP contribution in [0.15, 0.2) is 36.0 Å². The number of rotatable bonds is 7. The molecule has 3 rings (SSSR count). The van der Waals surface area contributed by atoms with Crippen molar-refractivity contribution in [3.8, 4) is 10.8 Å². The molecular formula is C19H22N4OS2. The molecule has 1 N–H and O–H groups in total. The smallest absolute Gasteiger partial charge is 0.263 e. The summed E-state index contributed by atoms with van der Waals surface area (Å²) in [6, 6.07) is 5.91. The lowest BCUT2D eigenvalue weighted by Crippen LogP contribution is -2.32. The lowest BCUT2D eigenvalue weighted by molar-refractivity contribution is 0.0924. The Bertz CT molecular complexity index is 842. The molecule has 0 spiro atoms. The molecule has 0 bridgehead atoms. The molecule has 0 radical (unpaired) electrons. The van der Waals surface area contributed by atoms with E-state index in [2.05, 4.69) is 45.6 Å². The van der Waals surface area contributed by atoms with Gasteiger partial charge >= 0.3 is 0 Å². The third kappa shape index (κ3) is 3.99. The highest BCUT2D eigenvalue weighted by molar-refractivity contribution is 7.17. The summed E-state index contributed by atoms with van der Waals surface area (Å²) in [7, 11) is 0. The van der Waals surface area contributed by atoms with Crippen molar-refractivity contribution in [1.82, 2.24) is 20.3 Å². The predicted molar refractivity (Wildman–Crippen MR) is 106 cm³/mol. The fraction of sp³-hybridized carbons (Fsp3) is 0.368. The number of carbonyl (C=O) groups is 1. The van der Waals surface area contributed by atoms with E-state index >= 15 is 0 Å². The second-order valence-electron chi connectivity index (χ2n) is 6.05. The normalized spacial score (nSPS) is 12.3. The number of hydrogen-bond donors (Lipinski definition) is 1. The van der Waals surface area contributed by atoms with Crippen LogP contribution in [0.1, 0.15) is 53.0 Å². The maximum atomic E-state index is 13.0. The molecule has 0 saturated carbocycles. The van der Waals surface area contributed by atoms with Crippen molar-refractivity contribution in [3.05, 3.63) is 51.4 Å². The number of hydrogen-bond acceptors (Lipinski definition) is 6. The van der Waals surface area contributed by atoms with Gasteiger partial charge in [-0.05, 0) is 30.4 Å². The van der Waals surface area contributed by atoms with Crippen molar-refractivity contribution >= 4 is 28.6 Å². The summed E-state index contributed by atoms with van der Waals surface area (Å²) in [4.78, 5) is 27.7. The van der Waals surface area contributed by atoms with E-state index in [-0.39, 0.29) is 11.9 Å². The van der Waals surface area contributed by atoms with Crippen LogP contribution in [0.5, 0.6) is 0 Å². The first-order valence-corrected chi connectivity index (χ1v) is 10.4. The summed E-state index contributed by atoms with van der Waals surface area (Å²) in [5.41, 5.74) is 0.712. The molecule has 3 aromatic heterocycles. The fourth-order valence-electron chi connectivity index (χ4n) is 2.97. The zero-order valence-corrected chi connectivity index (χ0v) is 16.7. The molecule has 0 aliphatic heterocycles. The minimum Gasteiger partial charge on any atom is -0.343 e. The van der Waals surface area contributed by atoms with Gasteiger partial charge in [-0.1, -0.05) is 32.8 Å².